The molecule has 0 heterocycles. The average molecular weight is 255 g/mol. The van der Waals surface area contributed by atoms with E-state index in [2.05, 4.69) is 0 Å². The first-order valence-corrected chi connectivity index (χ1v) is 6.07. The number of rotatable bonds is 3. The summed E-state index contributed by atoms with van der Waals surface area (Å²) in [6.07, 6.45) is 5.75. The maximum Gasteiger partial charge on any atom is 0.311 e. The second-order valence-corrected chi connectivity index (χ2v) is 4.62. The number of benzene rings is 1. The minimum absolute atomic E-state index is 0. The van der Waals surface area contributed by atoms with Gasteiger partial charge in [-0.1, -0.05) is 49.6 Å². The summed E-state index contributed by atoms with van der Waals surface area (Å²) < 4.78 is 0. The van der Waals surface area contributed by atoms with E-state index in [1.165, 1.54) is 19.3 Å². The molecule has 1 unspecified atom stereocenters. The molecule has 3 heteroatoms. The highest BCUT2D eigenvalue weighted by atomic mass is 35.5. The molecule has 1 N–H and O–H groups in total. The Kier molecular flexibility index (Phi) is 5.49. The first kappa shape index (κ1) is 14.0. The van der Waals surface area contributed by atoms with Gasteiger partial charge in [0.2, 0.25) is 0 Å². The maximum atomic E-state index is 11.4. The van der Waals surface area contributed by atoms with E-state index in [4.69, 9.17) is 0 Å². The number of carbonyl (C=O) groups is 1. The molecule has 1 aliphatic carbocycles. The first-order chi connectivity index (χ1) is 7.79. The highest BCUT2D eigenvalue weighted by molar-refractivity contribution is 5.85. The number of hydrogen-bond acceptors (Lipinski definition) is 1. The van der Waals surface area contributed by atoms with Crippen LogP contribution in [0.25, 0.3) is 0 Å². The molecular formula is C14H19ClO2. The molecule has 1 saturated carbocycles. The molecule has 1 atom stereocenters. The molecule has 0 bridgehead atoms. The SMILES string of the molecule is Cl.O=C(O)C(c1ccccc1)C1CCCCC1. The molecule has 17 heavy (non-hydrogen) atoms. The first-order valence-electron chi connectivity index (χ1n) is 6.07. The van der Waals surface area contributed by atoms with Crippen LogP contribution in [0.2, 0.25) is 0 Å². The minimum atomic E-state index is -0.668. The standard InChI is InChI=1S/C14H18O2.ClH/c15-14(16)13(11-7-3-1-4-8-11)12-9-5-2-6-10-12;/h1,3-4,7-8,12-13H,2,5-6,9-10H2,(H,15,16);1H. The van der Waals surface area contributed by atoms with Crippen LogP contribution in [0.15, 0.2) is 30.3 Å². The molecule has 1 aromatic carbocycles. The molecule has 2 nitrogen and oxygen atoms in total. The number of carboxylic acid groups (broad SMARTS) is 1. The second-order valence-electron chi connectivity index (χ2n) is 4.62. The van der Waals surface area contributed by atoms with E-state index < -0.39 is 5.97 Å². The third-order valence-corrected chi connectivity index (χ3v) is 3.55. The topological polar surface area (TPSA) is 37.3 Å². The van der Waals surface area contributed by atoms with Crippen molar-refractivity contribution in [3.8, 4) is 0 Å². The van der Waals surface area contributed by atoms with E-state index >= 15 is 0 Å². The van der Waals surface area contributed by atoms with E-state index in [0.717, 1.165) is 18.4 Å². The third-order valence-electron chi connectivity index (χ3n) is 3.55. The number of hydrogen-bond donors (Lipinski definition) is 1. The Morgan fingerprint density at radius 2 is 1.71 bits per heavy atom. The van der Waals surface area contributed by atoms with Crippen LogP contribution in [-0.2, 0) is 4.79 Å². The molecule has 0 aromatic heterocycles. The van der Waals surface area contributed by atoms with Crippen molar-refractivity contribution in [2.45, 2.75) is 38.0 Å². The fourth-order valence-electron chi connectivity index (χ4n) is 2.74. The van der Waals surface area contributed by atoms with Gasteiger partial charge in [-0.2, -0.15) is 0 Å². The van der Waals surface area contributed by atoms with Gasteiger partial charge in [0.15, 0.2) is 0 Å². The predicted molar refractivity (Wildman–Crippen MR) is 70.6 cm³/mol. The van der Waals surface area contributed by atoms with Crippen molar-refractivity contribution in [2.24, 2.45) is 5.92 Å². The average Bonchev–Trinajstić information content (AvgIpc) is 2.31. The number of aliphatic carboxylic acids is 1. The van der Waals surface area contributed by atoms with Crippen LogP contribution in [0.1, 0.15) is 43.6 Å². The lowest BCUT2D eigenvalue weighted by molar-refractivity contribution is -0.140. The molecule has 1 aliphatic rings. The molecular weight excluding hydrogens is 236 g/mol. The fourth-order valence-corrected chi connectivity index (χ4v) is 2.74. The third kappa shape index (κ3) is 3.47. The van der Waals surface area contributed by atoms with Crippen molar-refractivity contribution in [3.05, 3.63) is 35.9 Å². The van der Waals surface area contributed by atoms with Gasteiger partial charge in [0, 0.05) is 0 Å². The van der Waals surface area contributed by atoms with Crippen LogP contribution in [0.4, 0.5) is 0 Å². The molecule has 94 valence electrons. The number of halogens is 1. The largest absolute Gasteiger partial charge is 0.481 e. The lowest BCUT2D eigenvalue weighted by atomic mass is 9.77. The smallest absolute Gasteiger partial charge is 0.311 e. The Balaban J connectivity index is 0.00000144. The minimum Gasteiger partial charge on any atom is -0.481 e. The number of carboxylic acids is 1. The van der Waals surface area contributed by atoms with Gasteiger partial charge in [-0.05, 0) is 24.3 Å². The van der Waals surface area contributed by atoms with Crippen LogP contribution < -0.4 is 0 Å². The summed E-state index contributed by atoms with van der Waals surface area (Å²) in [5, 5.41) is 9.38. The van der Waals surface area contributed by atoms with Crippen molar-refractivity contribution in [1.82, 2.24) is 0 Å². The van der Waals surface area contributed by atoms with Crippen molar-refractivity contribution < 1.29 is 9.90 Å². The van der Waals surface area contributed by atoms with Gasteiger partial charge in [0.1, 0.15) is 0 Å². The van der Waals surface area contributed by atoms with E-state index in [9.17, 15) is 9.90 Å². The maximum absolute atomic E-state index is 11.4. The van der Waals surface area contributed by atoms with Crippen LogP contribution in [0.3, 0.4) is 0 Å². The Labute approximate surface area is 108 Å². The molecule has 1 aromatic rings. The molecule has 0 spiro atoms. The van der Waals surface area contributed by atoms with Crippen LogP contribution in [0, 0.1) is 5.92 Å². The molecule has 0 aliphatic heterocycles. The second kappa shape index (κ2) is 6.65. The highest BCUT2D eigenvalue weighted by Gasteiger charge is 2.30. The van der Waals surface area contributed by atoms with Crippen LogP contribution in [0.5, 0.6) is 0 Å². The summed E-state index contributed by atoms with van der Waals surface area (Å²) in [6, 6.07) is 9.66. The van der Waals surface area contributed by atoms with Crippen molar-refractivity contribution >= 4 is 18.4 Å². The van der Waals surface area contributed by atoms with Crippen molar-refractivity contribution in [1.29, 1.82) is 0 Å². The quantitative estimate of drug-likeness (QED) is 0.889. The Morgan fingerprint density at radius 1 is 1.12 bits per heavy atom. The van der Waals surface area contributed by atoms with Gasteiger partial charge in [-0.25, -0.2) is 0 Å². The highest BCUT2D eigenvalue weighted by Crippen LogP contribution is 2.36. The fraction of sp³-hybridized carbons (Fsp3) is 0.500. The Morgan fingerprint density at radius 3 is 2.24 bits per heavy atom. The summed E-state index contributed by atoms with van der Waals surface area (Å²) in [5.41, 5.74) is 0.960. The lowest BCUT2D eigenvalue weighted by Crippen LogP contribution is -2.23. The molecule has 2 rings (SSSR count). The van der Waals surface area contributed by atoms with Crippen molar-refractivity contribution in [3.63, 3.8) is 0 Å². The van der Waals surface area contributed by atoms with Crippen LogP contribution >= 0.6 is 12.4 Å². The normalized spacial score (nSPS) is 18.1. The predicted octanol–water partition coefficient (Wildman–Crippen LogP) is 3.86. The van der Waals surface area contributed by atoms with E-state index in [0.29, 0.717) is 5.92 Å². The van der Waals surface area contributed by atoms with E-state index in [1.54, 1.807) is 0 Å². The van der Waals surface area contributed by atoms with Gasteiger partial charge in [0.05, 0.1) is 5.92 Å². The summed E-state index contributed by atoms with van der Waals surface area (Å²) in [4.78, 5) is 11.4. The summed E-state index contributed by atoms with van der Waals surface area (Å²) >= 11 is 0. The van der Waals surface area contributed by atoms with Gasteiger partial charge < -0.3 is 5.11 Å². The molecule has 0 amide bonds. The van der Waals surface area contributed by atoms with E-state index in [1.807, 2.05) is 30.3 Å². The van der Waals surface area contributed by atoms with Gasteiger partial charge in [0.25, 0.3) is 0 Å². The van der Waals surface area contributed by atoms with Gasteiger partial charge in [-0.3, -0.25) is 4.79 Å². The zero-order chi connectivity index (χ0) is 11.4. The van der Waals surface area contributed by atoms with Gasteiger partial charge >= 0.3 is 5.97 Å². The zero-order valence-electron chi connectivity index (χ0n) is 9.84. The summed E-state index contributed by atoms with van der Waals surface area (Å²) in [5.74, 6) is -0.645. The molecule has 1 fully saturated rings. The van der Waals surface area contributed by atoms with Crippen LogP contribution in [-0.4, -0.2) is 11.1 Å². The molecule has 0 radical (unpaired) electrons. The lowest BCUT2D eigenvalue weighted by Gasteiger charge is -2.27. The van der Waals surface area contributed by atoms with Gasteiger partial charge in [-0.15, -0.1) is 12.4 Å². The van der Waals surface area contributed by atoms with Crippen molar-refractivity contribution in [2.75, 3.05) is 0 Å². The monoisotopic (exact) mass is 254 g/mol. The Bertz CT molecular complexity index is 344. The Hall–Kier alpha value is -1.02. The summed E-state index contributed by atoms with van der Waals surface area (Å²) in [7, 11) is 0. The zero-order valence-corrected chi connectivity index (χ0v) is 10.7. The summed E-state index contributed by atoms with van der Waals surface area (Å²) in [6.45, 7) is 0. The molecule has 0 saturated heterocycles. The van der Waals surface area contributed by atoms with E-state index in [-0.39, 0.29) is 18.3 Å².